The summed E-state index contributed by atoms with van der Waals surface area (Å²) in [7, 11) is 0. The Balaban J connectivity index is 1.82. The van der Waals surface area contributed by atoms with E-state index >= 15 is 0 Å². The fourth-order valence-electron chi connectivity index (χ4n) is 3.55. The van der Waals surface area contributed by atoms with Gasteiger partial charge in [0.2, 0.25) is 0 Å². The first-order valence-electron chi connectivity index (χ1n) is 8.97. The lowest BCUT2D eigenvalue weighted by Gasteiger charge is -2.16. The maximum absolute atomic E-state index is 11.0. The van der Waals surface area contributed by atoms with Crippen LogP contribution in [0.1, 0.15) is 31.7 Å². The Morgan fingerprint density at radius 3 is 2.43 bits per heavy atom. The second-order valence-electron chi connectivity index (χ2n) is 6.73. The van der Waals surface area contributed by atoms with Crippen molar-refractivity contribution in [3.8, 4) is 11.3 Å². The van der Waals surface area contributed by atoms with Gasteiger partial charge in [0.05, 0.1) is 26.3 Å². The number of aromatic nitrogens is 1. The molecule has 0 atom stereocenters. The number of hydrogen-bond donors (Lipinski definition) is 0. The van der Waals surface area contributed by atoms with Gasteiger partial charge in [-0.15, -0.1) is 11.3 Å². The number of halogens is 2. The average Bonchev–Trinajstić information content (AvgIpc) is 3.34. The van der Waals surface area contributed by atoms with Crippen molar-refractivity contribution in [2.45, 2.75) is 31.7 Å². The average molecular weight is 434 g/mol. The summed E-state index contributed by atoms with van der Waals surface area (Å²) in [5, 5.41) is 14.0. The molecule has 144 valence electrons. The third-order valence-electron chi connectivity index (χ3n) is 4.93. The third-order valence-corrected chi connectivity index (χ3v) is 6.51. The lowest BCUT2D eigenvalue weighted by atomic mass is 10.1. The quantitative estimate of drug-likeness (QED) is 0.336. The maximum atomic E-state index is 11.0. The van der Waals surface area contributed by atoms with Crippen LogP contribution in [0, 0.1) is 10.1 Å². The van der Waals surface area contributed by atoms with E-state index in [0.717, 1.165) is 34.6 Å². The van der Waals surface area contributed by atoms with E-state index in [9.17, 15) is 10.1 Å². The molecule has 0 spiro atoms. The molecule has 4 rings (SSSR count). The normalized spacial score (nSPS) is 15.3. The van der Waals surface area contributed by atoms with Crippen LogP contribution in [-0.4, -0.2) is 9.49 Å². The molecule has 5 nitrogen and oxygen atoms in total. The second kappa shape index (κ2) is 8.07. The number of hydrogen-bond acceptors (Lipinski definition) is 4. The van der Waals surface area contributed by atoms with E-state index in [-0.39, 0.29) is 10.6 Å². The molecule has 0 radical (unpaired) electrons. The number of nitro groups is 1. The van der Waals surface area contributed by atoms with Crippen molar-refractivity contribution in [1.29, 1.82) is 0 Å². The molecule has 28 heavy (non-hydrogen) atoms. The second-order valence-corrected chi connectivity index (χ2v) is 8.38. The summed E-state index contributed by atoms with van der Waals surface area (Å²) in [5.74, 6) is 0. The van der Waals surface area contributed by atoms with Gasteiger partial charge in [-0.2, -0.15) is 0 Å². The summed E-state index contributed by atoms with van der Waals surface area (Å²) >= 11 is 13.7. The predicted molar refractivity (Wildman–Crippen MR) is 114 cm³/mol. The highest BCUT2D eigenvalue weighted by molar-refractivity contribution is 7.07. The van der Waals surface area contributed by atoms with Crippen molar-refractivity contribution in [1.82, 2.24) is 4.57 Å². The third kappa shape index (κ3) is 3.85. The molecule has 3 aromatic rings. The smallest absolute Gasteiger partial charge is 0.269 e. The Morgan fingerprint density at radius 1 is 1.07 bits per heavy atom. The van der Waals surface area contributed by atoms with Crippen LogP contribution in [-0.2, 0) is 0 Å². The number of non-ortho nitro benzene ring substituents is 1. The SMILES string of the molecule is O=[N+]([O-])c1ccc(-c2csc(=Nc3ccc(Cl)c(Cl)c3)n2C2CCCC2)cc1. The van der Waals surface area contributed by atoms with Crippen LogP contribution in [0.15, 0.2) is 52.8 Å². The number of rotatable bonds is 4. The van der Waals surface area contributed by atoms with E-state index in [0.29, 0.717) is 16.1 Å². The van der Waals surface area contributed by atoms with E-state index in [1.807, 2.05) is 6.07 Å². The predicted octanol–water partition coefficient (Wildman–Crippen LogP) is 6.78. The maximum Gasteiger partial charge on any atom is 0.269 e. The Kier molecular flexibility index (Phi) is 5.53. The molecule has 0 aliphatic heterocycles. The molecule has 1 fully saturated rings. The van der Waals surface area contributed by atoms with Crippen molar-refractivity contribution < 1.29 is 4.92 Å². The Labute approximate surface area is 176 Å². The highest BCUT2D eigenvalue weighted by atomic mass is 35.5. The molecule has 0 N–H and O–H groups in total. The standard InChI is InChI=1S/C20H17Cl2N3O2S/c21-17-10-7-14(11-18(17)22)23-20-24(15-3-1-2-4-15)19(12-28-20)13-5-8-16(9-6-13)25(26)27/h5-12,15H,1-4H2. The zero-order chi connectivity index (χ0) is 19.7. The van der Waals surface area contributed by atoms with Crippen LogP contribution in [0.4, 0.5) is 11.4 Å². The van der Waals surface area contributed by atoms with E-state index in [2.05, 4.69) is 9.95 Å². The lowest BCUT2D eigenvalue weighted by molar-refractivity contribution is -0.384. The van der Waals surface area contributed by atoms with Crippen LogP contribution in [0.2, 0.25) is 10.0 Å². The monoisotopic (exact) mass is 433 g/mol. The zero-order valence-corrected chi connectivity index (χ0v) is 17.2. The van der Waals surface area contributed by atoms with Crippen LogP contribution in [0.25, 0.3) is 11.3 Å². The van der Waals surface area contributed by atoms with Gasteiger partial charge in [-0.1, -0.05) is 36.0 Å². The fourth-order valence-corrected chi connectivity index (χ4v) is 4.82. The molecular formula is C20H17Cl2N3O2S. The fraction of sp³-hybridized carbons (Fsp3) is 0.250. The van der Waals surface area contributed by atoms with Gasteiger partial charge in [0, 0.05) is 23.6 Å². The van der Waals surface area contributed by atoms with E-state index < -0.39 is 0 Å². The van der Waals surface area contributed by atoms with Crippen molar-refractivity contribution in [2.75, 3.05) is 0 Å². The number of nitrogens with zero attached hydrogens (tertiary/aromatic N) is 3. The highest BCUT2D eigenvalue weighted by Crippen LogP contribution is 2.34. The van der Waals surface area contributed by atoms with Gasteiger partial charge in [-0.05, 0) is 48.7 Å². The molecule has 1 heterocycles. The van der Waals surface area contributed by atoms with Crippen LogP contribution >= 0.6 is 34.5 Å². The van der Waals surface area contributed by atoms with Gasteiger partial charge in [-0.3, -0.25) is 10.1 Å². The van der Waals surface area contributed by atoms with E-state index in [4.69, 9.17) is 28.2 Å². The molecular weight excluding hydrogens is 417 g/mol. The molecule has 1 aliphatic rings. The first-order valence-corrected chi connectivity index (χ1v) is 10.6. The molecule has 1 aromatic heterocycles. The summed E-state index contributed by atoms with van der Waals surface area (Å²) in [6, 6.07) is 12.4. The molecule has 0 amide bonds. The Morgan fingerprint density at radius 2 is 1.79 bits per heavy atom. The van der Waals surface area contributed by atoms with Crippen molar-refractivity contribution in [2.24, 2.45) is 4.99 Å². The zero-order valence-electron chi connectivity index (χ0n) is 14.8. The first-order chi connectivity index (χ1) is 13.5. The van der Waals surface area contributed by atoms with Gasteiger partial charge < -0.3 is 4.57 Å². The largest absolute Gasteiger partial charge is 0.313 e. The topological polar surface area (TPSA) is 60.4 Å². The van der Waals surface area contributed by atoms with E-state index in [1.54, 1.807) is 47.7 Å². The Hall–Kier alpha value is -2.15. The summed E-state index contributed by atoms with van der Waals surface area (Å²) in [6.45, 7) is 0. The van der Waals surface area contributed by atoms with Crippen LogP contribution < -0.4 is 4.80 Å². The Bertz CT molecular complexity index is 1080. The van der Waals surface area contributed by atoms with Gasteiger partial charge >= 0.3 is 0 Å². The lowest BCUT2D eigenvalue weighted by Crippen LogP contribution is -2.19. The van der Waals surface area contributed by atoms with Crippen LogP contribution in [0.5, 0.6) is 0 Å². The minimum absolute atomic E-state index is 0.0899. The minimum Gasteiger partial charge on any atom is -0.313 e. The number of thiazole rings is 1. The molecule has 2 aromatic carbocycles. The highest BCUT2D eigenvalue weighted by Gasteiger charge is 2.22. The summed E-state index contributed by atoms with van der Waals surface area (Å²) in [5.41, 5.74) is 2.82. The van der Waals surface area contributed by atoms with E-state index in [1.165, 1.54) is 12.8 Å². The molecule has 8 heteroatoms. The van der Waals surface area contributed by atoms with Gasteiger partial charge in [-0.25, -0.2) is 4.99 Å². The minimum atomic E-state index is -0.381. The van der Waals surface area contributed by atoms with Crippen LogP contribution in [0.3, 0.4) is 0 Å². The number of nitro benzene ring substituents is 1. The van der Waals surface area contributed by atoms with Crippen molar-refractivity contribution >= 4 is 45.9 Å². The van der Waals surface area contributed by atoms with Crippen molar-refractivity contribution in [3.05, 3.63) is 72.8 Å². The molecule has 0 unspecified atom stereocenters. The summed E-state index contributed by atoms with van der Waals surface area (Å²) in [6.07, 6.45) is 4.59. The van der Waals surface area contributed by atoms with Gasteiger partial charge in [0.1, 0.15) is 0 Å². The molecule has 1 aliphatic carbocycles. The molecule has 1 saturated carbocycles. The first kappa shape index (κ1) is 19.2. The number of benzene rings is 2. The summed E-state index contributed by atoms with van der Waals surface area (Å²) < 4.78 is 2.27. The van der Waals surface area contributed by atoms with Gasteiger partial charge in [0.15, 0.2) is 4.80 Å². The van der Waals surface area contributed by atoms with Crippen molar-refractivity contribution in [3.63, 3.8) is 0 Å². The molecule has 0 bridgehead atoms. The molecule has 0 saturated heterocycles. The summed E-state index contributed by atoms with van der Waals surface area (Å²) in [4.78, 5) is 16.3. The van der Waals surface area contributed by atoms with Gasteiger partial charge in [0.25, 0.3) is 5.69 Å².